The van der Waals surface area contributed by atoms with Crippen molar-refractivity contribution in [2.45, 2.75) is 200 Å². The van der Waals surface area contributed by atoms with E-state index in [-0.39, 0.29) is 0 Å². The second-order valence-electron chi connectivity index (χ2n) is 13.8. The molecule has 1 aromatic rings. The van der Waals surface area contributed by atoms with Crippen LogP contribution < -0.4 is 5.09 Å². The first-order valence-electron chi connectivity index (χ1n) is 20.6. The summed E-state index contributed by atoms with van der Waals surface area (Å²) in [6, 6.07) is 0. The zero-order chi connectivity index (χ0) is 34.5. The maximum Gasteiger partial charge on any atom is 0.405 e. The Labute approximate surface area is 298 Å². The molecule has 1 heterocycles. The predicted molar refractivity (Wildman–Crippen MR) is 209 cm³/mol. The number of nitrogens with zero attached hydrogens (tertiary/aromatic N) is 1. The van der Waals surface area contributed by atoms with E-state index in [2.05, 4.69) is 53.2 Å². The number of hydrogen-bond donors (Lipinski definition) is 2. The van der Waals surface area contributed by atoms with Gasteiger partial charge in [0.05, 0.1) is 25.2 Å². The molecule has 6 nitrogen and oxygen atoms in total. The van der Waals surface area contributed by atoms with Gasteiger partial charge < -0.3 is 4.98 Å². The summed E-state index contributed by atoms with van der Waals surface area (Å²) in [4.78, 5) is 7.24. The lowest BCUT2D eigenvalue weighted by Gasteiger charge is -2.19. The summed E-state index contributed by atoms with van der Waals surface area (Å²) in [5, 5.41) is 3.09. The highest BCUT2D eigenvalue weighted by Gasteiger charge is 2.23. The summed E-state index contributed by atoms with van der Waals surface area (Å²) in [6.07, 6.45) is 49.3. The highest BCUT2D eigenvalue weighted by atomic mass is 31.2. The average molecular weight is 692 g/mol. The summed E-state index contributed by atoms with van der Waals surface area (Å²) in [5.41, 5.74) is 0.940. The van der Waals surface area contributed by atoms with Gasteiger partial charge in [-0.05, 0) is 64.2 Å². The number of nitrogens with one attached hydrogen (secondary N) is 2. The van der Waals surface area contributed by atoms with E-state index in [0.717, 1.165) is 31.4 Å². The van der Waals surface area contributed by atoms with Gasteiger partial charge >= 0.3 is 7.75 Å². The minimum absolute atomic E-state index is 0.473. The summed E-state index contributed by atoms with van der Waals surface area (Å²) in [6.45, 7) is 6.02. The molecule has 7 heteroatoms. The fourth-order valence-electron chi connectivity index (χ4n) is 5.95. The Morgan fingerprint density at radius 3 is 1.33 bits per heavy atom. The van der Waals surface area contributed by atoms with Crippen LogP contribution >= 0.6 is 7.75 Å². The minimum Gasteiger partial charge on any atom is -0.351 e. The molecule has 0 amide bonds. The van der Waals surface area contributed by atoms with E-state index in [4.69, 9.17) is 9.05 Å². The van der Waals surface area contributed by atoms with Crippen molar-refractivity contribution in [1.29, 1.82) is 0 Å². The van der Waals surface area contributed by atoms with E-state index in [1.807, 2.05) is 6.20 Å². The fraction of sp³-hybridized carbons (Fsp3) is 0.829. The Morgan fingerprint density at radius 1 is 0.583 bits per heavy atom. The Balaban J connectivity index is 2.08. The molecule has 0 bridgehead atoms. The third kappa shape index (κ3) is 30.8. The van der Waals surface area contributed by atoms with Crippen molar-refractivity contribution < 1.29 is 13.6 Å². The van der Waals surface area contributed by atoms with Crippen LogP contribution in [0.15, 0.2) is 36.8 Å². The van der Waals surface area contributed by atoms with Gasteiger partial charge in [-0.1, -0.05) is 154 Å². The van der Waals surface area contributed by atoms with Gasteiger partial charge in [0.2, 0.25) is 0 Å². The molecular formula is C41H78N3O3P. The van der Waals surface area contributed by atoms with E-state index < -0.39 is 7.75 Å². The van der Waals surface area contributed by atoms with Crippen LogP contribution in [0, 0.1) is 0 Å². The Hall–Kier alpha value is -1.20. The maximum absolute atomic E-state index is 13.5. The molecule has 0 unspecified atom stereocenters. The molecule has 0 aliphatic heterocycles. The predicted octanol–water partition coefficient (Wildman–Crippen LogP) is 13.8. The molecule has 0 fully saturated rings. The van der Waals surface area contributed by atoms with E-state index >= 15 is 0 Å². The first-order valence-corrected chi connectivity index (χ1v) is 22.2. The number of H-pyrrole nitrogens is 1. The van der Waals surface area contributed by atoms with Gasteiger partial charge in [0.1, 0.15) is 0 Å². The van der Waals surface area contributed by atoms with Crippen LogP contribution in [0.2, 0.25) is 0 Å². The lowest BCUT2D eigenvalue weighted by molar-refractivity contribution is 0.189. The lowest BCUT2D eigenvalue weighted by atomic mass is 10.1. The molecule has 48 heavy (non-hydrogen) atoms. The van der Waals surface area contributed by atoms with Gasteiger partial charge in [-0.25, -0.2) is 14.6 Å². The van der Waals surface area contributed by atoms with E-state index in [0.29, 0.717) is 26.2 Å². The highest BCUT2D eigenvalue weighted by Crippen LogP contribution is 2.44. The van der Waals surface area contributed by atoms with Crippen LogP contribution in [0.1, 0.15) is 199 Å². The van der Waals surface area contributed by atoms with Gasteiger partial charge in [0.25, 0.3) is 0 Å². The standard InChI is InChI=1S/C41H78N3O3P/c1-3-5-7-9-11-13-15-17-19-21-23-25-27-29-31-33-37-46-48(45,44-36-35-41-39-42-40-43-41)47-38-34-32-30-28-26-24-22-20-18-16-14-12-10-8-6-4-2/h17-20,39-40H,3-16,21-38H2,1-2H3,(H,42,43)(H,44,45)/b19-17-,20-18-. The molecule has 0 aromatic carbocycles. The molecule has 0 aliphatic rings. The largest absolute Gasteiger partial charge is 0.405 e. The molecule has 0 saturated heterocycles. The van der Waals surface area contributed by atoms with Gasteiger partial charge in [-0.2, -0.15) is 0 Å². The Morgan fingerprint density at radius 2 is 0.958 bits per heavy atom. The first-order chi connectivity index (χ1) is 23.7. The van der Waals surface area contributed by atoms with Crippen LogP contribution in [0.4, 0.5) is 0 Å². The van der Waals surface area contributed by atoms with Gasteiger partial charge in [0, 0.05) is 19.2 Å². The number of aromatic nitrogens is 2. The van der Waals surface area contributed by atoms with Crippen molar-refractivity contribution in [3.05, 3.63) is 42.5 Å². The molecule has 280 valence electrons. The van der Waals surface area contributed by atoms with Gasteiger partial charge in [-0.15, -0.1) is 0 Å². The third-order valence-corrected chi connectivity index (χ3v) is 10.7. The Bertz CT molecular complexity index is 826. The first kappa shape index (κ1) is 44.8. The van der Waals surface area contributed by atoms with E-state index in [1.165, 1.54) is 154 Å². The van der Waals surface area contributed by atoms with E-state index in [9.17, 15) is 4.57 Å². The second-order valence-corrected chi connectivity index (χ2v) is 15.6. The molecule has 0 radical (unpaired) electrons. The normalized spacial score (nSPS) is 12.3. The monoisotopic (exact) mass is 692 g/mol. The number of allylic oxidation sites excluding steroid dienone is 4. The molecular weight excluding hydrogens is 613 g/mol. The zero-order valence-corrected chi connectivity index (χ0v) is 32.6. The summed E-state index contributed by atoms with van der Waals surface area (Å²) in [7, 11) is -3.32. The smallest absolute Gasteiger partial charge is 0.351 e. The SMILES string of the molecule is CCCCCCCC/C=C\CCCCCCCCOP(=O)(NCCc1c[nH]cn1)OCCCCCCCC/C=C\CCCCCCCC. The topological polar surface area (TPSA) is 76.2 Å². The van der Waals surface area contributed by atoms with Crippen molar-refractivity contribution in [2.75, 3.05) is 19.8 Å². The Kier molecular flexibility index (Phi) is 33.3. The number of aromatic amines is 1. The summed E-state index contributed by atoms with van der Waals surface area (Å²) < 4.78 is 25.2. The summed E-state index contributed by atoms with van der Waals surface area (Å²) in [5.74, 6) is 0. The van der Waals surface area contributed by atoms with Crippen LogP contribution in [0.25, 0.3) is 0 Å². The second kappa shape index (κ2) is 35.6. The lowest BCUT2D eigenvalue weighted by Crippen LogP contribution is -2.19. The minimum atomic E-state index is -3.32. The van der Waals surface area contributed by atoms with Crippen molar-refractivity contribution in [2.24, 2.45) is 0 Å². The van der Waals surface area contributed by atoms with Crippen LogP contribution in [0.3, 0.4) is 0 Å². The van der Waals surface area contributed by atoms with Crippen LogP contribution in [-0.4, -0.2) is 29.7 Å². The molecule has 0 atom stereocenters. The van der Waals surface area contributed by atoms with Crippen molar-refractivity contribution in [1.82, 2.24) is 15.1 Å². The molecule has 0 spiro atoms. The number of hydrogen-bond acceptors (Lipinski definition) is 4. The molecule has 0 aliphatic carbocycles. The van der Waals surface area contributed by atoms with Gasteiger partial charge in [0.15, 0.2) is 0 Å². The van der Waals surface area contributed by atoms with Crippen molar-refractivity contribution >= 4 is 7.75 Å². The van der Waals surface area contributed by atoms with E-state index in [1.54, 1.807) is 6.33 Å². The van der Waals surface area contributed by atoms with Crippen LogP contribution in [0.5, 0.6) is 0 Å². The number of imidazole rings is 1. The number of unbranched alkanes of at least 4 members (excludes halogenated alkanes) is 24. The summed E-state index contributed by atoms with van der Waals surface area (Å²) >= 11 is 0. The number of rotatable bonds is 38. The fourth-order valence-corrected chi connectivity index (χ4v) is 7.33. The van der Waals surface area contributed by atoms with Crippen molar-refractivity contribution in [3.63, 3.8) is 0 Å². The average Bonchev–Trinajstić information content (AvgIpc) is 3.61. The zero-order valence-electron chi connectivity index (χ0n) is 31.7. The molecule has 2 N–H and O–H groups in total. The molecule has 0 saturated carbocycles. The highest BCUT2D eigenvalue weighted by molar-refractivity contribution is 7.51. The maximum atomic E-state index is 13.5. The quantitative estimate of drug-likeness (QED) is 0.0410. The van der Waals surface area contributed by atoms with Crippen molar-refractivity contribution in [3.8, 4) is 0 Å². The third-order valence-electron chi connectivity index (χ3n) is 9.08. The van der Waals surface area contributed by atoms with Gasteiger partial charge in [-0.3, -0.25) is 9.05 Å². The molecule has 1 rings (SSSR count). The molecule has 1 aromatic heterocycles. The van der Waals surface area contributed by atoms with Crippen LogP contribution in [-0.2, 0) is 20.0 Å².